The molecule has 0 spiro atoms. The predicted octanol–water partition coefficient (Wildman–Crippen LogP) is 5.44. The summed E-state index contributed by atoms with van der Waals surface area (Å²) in [7, 11) is 0. The number of hydrogen-bond acceptors (Lipinski definition) is 7. The number of nitrogens with zero attached hydrogens (tertiary/aromatic N) is 5. The minimum absolute atomic E-state index is 0.0288. The molecule has 0 amide bonds. The molecule has 0 saturated carbocycles. The summed E-state index contributed by atoms with van der Waals surface area (Å²) in [5, 5.41) is 3.07. The molecule has 0 unspecified atom stereocenters. The number of nitrogens with one attached hydrogen (secondary N) is 1. The lowest BCUT2D eigenvalue weighted by Crippen LogP contribution is -2.46. The zero-order chi connectivity index (χ0) is 24.5. The summed E-state index contributed by atoms with van der Waals surface area (Å²) < 4.78 is 35.1. The molecule has 5 rings (SSSR count). The molecule has 3 heterocycles. The highest BCUT2D eigenvalue weighted by Crippen LogP contribution is 2.38. The third kappa shape index (κ3) is 4.78. The summed E-state index contributed by atoms with van der Waals surface area (Å²) >= 11 is 6.44. The first-order valence-electron chi connectivity index (χ1n) is 11.5. The van der Waals surface area contributed by atoms with Crippen molar-refractivity contribution in [3.8, 4) is 11.6 Å². The van der Waals surface area contributed by atoms with E-state index < -0.39 is 11.6 Å². The second-order valence-electron chi connectivity index (χ2n) is 8.62. The zero-order valence-electron chi connectivity index (χ0n) is 19.5. The summed E-state index contributed by atoms with van der Waals surface area (Å²) in [6.07, 6.45) is 5.03. The van der Waals surface area contributed by atoms with Crippen molar-refractivity contribution in [1.82, 2.24) is 19.9 Å². The maximum atomic E-state index is 15.0. The van der Waals surface area contributed by atoms with Gasteiger partial charge in [-0.05, 0) is 32.0 Å². The van der Waals surface area contributed by atoms with Gasteiger partial charge in [0.1, 0.15) is 23.0 Å². The molecule has 0 radical (unpaired) electrons. The van der Waals surface area contributed by atoms with E-state index in [2.05, 4.69) is 37.0 Å². The van der Waals surface area contributed by atoms with E-state index >= 15 is 0 Å². The van der Waals surface area contributed by atoms with Crippen molar-refractivity contribution < 1.29 is 13.5 Å². The van der Waals surface area contributed by atoms with E-state index in [1.54, 1.807) is 12.3 Å². The van der Waals surface area contributed by atoms with Crippen LogP contribution >= 0.6 is 11.6 Å². The van der Waals surface area contributed by atoms with Crippen LogP contribution in [0.5, 0.6) is 11.6 Å². The number of hydrogen-bond donors (Lipinski definition) is 1. The van der Waals surface area contributed by atoms with Gasteiger partial charge in [0, 0.05) is 43.4 Å². The lowest BCUT2D eigenvalue weighted by Gasteiger charge is -2.35. The van der Waals surface area contributed by atoms with Crippen LogP contribution in [-0.2, 0) is 6.42 Å². The fraction of sp³-hybridized carbons (Fsp3) is 0.320. The van der Waals surface area contributed by atoms with E-state index in [0.29, 0.717) is 17.8 Å². The number of ether oxygens (including phenoxy) is 1. The lowest BCUT2D eigenvalue weighted by molar-refractivity contribution is 0.271. The molecule has 0 bridgehead atoms. The normalized spacial score (nSPS) is 15.7. The van der Waals surface area contributed by atoms with Crippen LogP contribution < -0.4 is 15.0 Å². The lowest BCUT2D eigenvalue weighted by atomic mass is 10.1. The highest BCUT2D eigenvalue weighted by atomic mass is 35.5. The Labute approximate surface area is 207 Å². The number of likely N-dealkylation sites (N-methyl/N-ethyl adjacent to an activating group) is 1. The van der Waals surface area contributed by atoms with Gasteiger partial charge in [0.15, 0.2) is 17.4 Å². The molecule has 1 N–H and O–H groups in total. The minimum atomic E-state index is -0.653. The molecule has 1 saturated heterocycles. The molecule has 1 aliphatic carbocycles. The van der Waals surface area contributed by atoms with Gasteiger partial charge >= 0.3 is 0 Å². The van der Waals surface area contributed by atoms with Crippen molar-refractivity contribution in [2.45, 2.75) is 20.3 Å². The number of aromatic nitrogens is 3. The molecule has 2 aromatic heterocycles. The summed E-state index contributed by atoms with van der Waals surface area (Å²) in [6.45, 7) is 9.02. The van der Waals surface area contributed by atoms with E-state index in [1.165, 1.54) is 6.33 Å². The molecule has 1 fully saturated rings. The van der Waals surface area contributed by atoms with Crippen LogP contribution in [0.3, 0.4) is 0 Å². The van der Waals surface area contributed by atoms with Crippen LogP contribution in [0.25, 0.3) is 6.08 Å². The highest BCUT2D eigenvalue weighted by Gasteiger charge is 2.24. The molecule has 182 valence electrons. The van der Waals surface area contributed by atoms with Gasteiger partial charge < -0.3 is 19.9 Å². The van der Waals surface area contributed by atoms with Crippen molar-refractivity contribution in [2.75, 3.05) is 42.9 Å². The summed E-state index contributed by atoms with van der Waals surface area (Å²) in [4.78, 5) is 17.3. The minimum Gasteiger partial charge on any atom is -0.434 e. The van der Waals surface area contributed by atoms with Crippen molar-refractivity contribution >= 4 is 35.0 Å². The molecule has 2 aliphatic rings. The molecule has 10 heteroatoms. The number of benzene rings is 1. The molecule has 7 nitrogen and oxygen atoms in total. The number of pyridine rings is 1. The first-order chi connectivity index (χ1) is 16.9. The second-order valence-corrected chi connectivity index (χ2v) is 9.00. The van der Waals surface area contributed by atoms with Crippen molar-refractivity contribution in [3.63, 3.8) is 0 Å². The standard InChI is InChI=1S/C25H25ClF2N6O/c1-3-33-6-8-34(9-7-33)16-4-5-21(29-13-16)32-24-22(26)25(31-14-30-24)35-20-12-19(27)17-10-15(2)11-18(17)23(20)28/h4-5,11-14H,3,6-10H2,1-2H3,(H,29,30,31,32). The predicted molar refractivity (Wildman–Crippen MR) is 133 cm³/mol. The number of piperazine rings is 1. The van der Waals surface area contributed by atoms with Crippen LogP contribution in [0, 0.1) is 11.6 Å². The third-order valence-electron chi connectivity index (χ3n) is 6.31. The Morgan fingerprint density at radius 2 is 1.91 bits per heavy atom. The molecular weight excluding hydrogens is 474 g/mol. The van der Waals surface area contributed by atoms with Crippen molar-refractivity contribution in [2.24, 2.45) is 0 Å². The fourth-order valence-corrected chi connectivity index (χ4v) is 4.53. The number of halogens is 3. The monoisotopic (exact) mass is 498 g/mol. The second kappa shape index (κ2) is 9.75. The van der Waals surface area contributed by atoms with E-state index in [4.69, 9.17) is 16.3 Å². The largest absolute Gasteiger partial charge is 0.434 e. The molecular formula is C25H25ClF2N6O. The van der Waals surface area contributed by atoms with Gasteiger partial charge in [-0.2, -0.15) is 4.98 Å². The average molecular weight is 499 g/mol. The van der Waals surface area contributed by atoms with Crippen LogP contribution in [0.4, 0.5) is 26.1 Å². The van der Waals surface area contributed by atoms with E-state index in [-0.39, 0.29) is 28.0 Å². The Bertz CT molecular complexity index is 1280. The number of rotatable bonds is 6. The first-order valence-corrected chi connectivity index (χ1v) is 11.9. The zero-order valence-corrected chi connectivity index (χ0v) is 20.2. The van der Waals surface area contributed by atoms with E-state index in [1.807, 2.05) is 19.1 Å². The van der Waals surface area contributed by atoms with Gasteiger partial charge in [0.05, 0.1) is 11.9 Å². The molecule has 1 aliphatic heterocycles. The van der Waals surface area contributed by atoms with Crippen molar-refractivity contribution in [1.29, 1.82) is 0 Å². The third-order valence-corrected chi connectivity index (χ3v) is 6.65. The van der Waals surface area contributed by atoms with Crippen LogP contribution in [0.1, 0.15) is 25.0 Å². The Balaban J connectivity index is 1.32. The van der Waals surface area contributed by atoms with Crippen molar-refractivity contribution in [3.05, 3.63) is 64.1 Å². The van der Waals surface area contributed by atoms with Crippen LogP contribution in [0.15, 0.2) is 36.3 Å². The van der Waals surface area contributed by atoms with Gasteiger partial charge in [-0.15, -0.1) is 0 Å². The maximum Gasteiger partial charge on any atom is 0.243 e. The Kier molecular flexibility index (Phi) is 6.53. The fourth-order valence-electron chi connectivity index (χ4n) is 4.35. The van der Waals surface area contributed by atoms with E-state index in [0.717, 1.165) is 50.1 Å². The van der Waals surface area contributed by atoms with E-state index in [9.17, 15) is 8.78 Å². The quantitative estimate of drug-likeness (QED) is 0.485. The molecule has 0 atom stereocenters. The number of anilines is 3. The molecule has 1 aromatic carbocycles. The molecule has 3 aromatic rings. The summed E-state index contributed by atoms with van der Waals surface area (Å²) in [5.74, 6) is -0.794. The van der Waals surface area contributed by atoms with Crippen LogP contribution in [-0.4, -0.2) is 52.6 Å². The van der Waals surface area contributed by atoms with Gasteiger partial charge in [-0.3, -0.25) is 0 Å². The first kappa shape index (κ1) is 23.4. The number of allylic oxidation sites excluding steroid dienone is 1. The SMILES string of the molecule is CCN1CCN(c2ccc(Nc3ncnc(Oc4cc(F)c5c(c4F)C=C(C)C5)c3Cl)nc2)CC1. The average Bonchev–Trinajstić information content (AvgIpc) is 3.28. The Morgan fingerprint density at radius 3 is 2.63 bits per heavy atom. The highest BCUT2D eigenvalue weighted by molar-refractivity contribution is 6.34. The Hall–Kier alpha value is -3.30. The summed E-state index contributed by atoms with van der Waals surface area (Å²) in [5.41, 5.74) is 2.44. The smallest absolute Gasteiger partial charge is 0.243 e. The summed E-state index contributed by atoms with van der Waals surface area (Å²) in [6, 6.07) is 4.85. The topological polar surface area (TPSA) is 66.4 Å². The van der Waals surface area contributed by atoms with Gasteiger partial charge in [0.25, 0.3) is 0 Å². The molecule has 35 heavy (non-hydrogen) atoms. The number of fused-ring (bicyclic) bond motifs is 1. The van der Waals surface area contributed by atoms with Crippen LogP contribution in [0.2, 0.25) is 5.02 Å². The van der Waals surface area contributed by atoms with Gasteiger partial charge in [-0.1, -0.05) is 30.2 Å². The Morgan fingerprint density at radius 1 is 1.11 bits per heavy atom. The van der Waals surface area contributed by atoms with Gasteiger partial charge in [0.2, 0.25) is 5.88 Å². The van der Waals surface area contributed by atoms with Gasteiger partial charge in [-0.25, -0.2) is 18.7 Å². The maximum absolute atomic E-state index is 15.0.